The largest absolute Gasteiger partial charge is 0.324 e. The maximum Gasteiger partial charge on any atom is 0.233 e. The average Bonchev–Trinajstić information content (AvgIpc) is 3.11. The van der Waals surface area contributed by atoms with Crippen LogP contribution in [0.5, 0.6) is 0 Å². The maximum absolute atomic E-state index is 11.6. The van der Waals surface area contributed by atoms with E-state index in [2.05, 4.69) is 22.9 Å². The molecule has 0 saturated heterocycles. The highest BCUT2D eigenvalue weighted by molar-refractivity contribution is 6.13. The Morgan fingerprint density at radius 1 is 1.20 bits per heavy atom. The number of carbonyl (C=O) groups excluding carboxylic acids is 2. The second kappa shape index (κ2) is 4.90. The lowest BCUT2D eigenvalue weighted by atomic mass is 10.00. The third-order valence-corrected chi connectivity index (χ3v) is 4.18. The molecule has 5 nitrogen and oxygen atoms in total. The van der Waals surface area contributed by atoms with Crippen LogP contribution in [-0.4, -0.2) is 18.9 Å². The first-order chi connectivity index (χ1) is 9.58. The van der Waals surface area contributed by atoms with E-state index in [4.69, 9.17) is 0 Å². The second-order valence-corrected chi connectivity index (χ2v) is 5.72. The van der Waals surface area contributed by atoms with Gasteiger partial charge in [0, 0.05) is 6.04 Å². The summed E-state index contributed by atoms with van der Waals surface area (Å²) in [6.45, 7) is 2.25. The lowest BCUT2D eigenvalue weighted by molar-refractivity contribution is -0.123. The molecule has 106 valence electrons. The van der Waals surface area contributed by atoms with Gasteiger partial charge in [0.2, 0.25) is 11.8 Å². The highest BCUT2D eigenvalue weighted by atomic mass is 16.2. The van der Waals surface area contributed by atoms with Gasteiger partial charge in [-0.2, -0.15) is 0 Å². The smallest absolute Gasteiger partial charge is 0.233 e. The predicted molar refractivity (Wildman–Crippen MR) is 77.4 cm³/mol. The first-order valence-corrected chi connectivity index (χ1v) is 6.99. The summed E-state index contributed by atoms with van der Waals surface area (Å²) in [5.41, 5.74) is 2.51. The summed E-state index contributed by atoms with van der Waals surface area (Å²) < 4.78 is 0. The molecule has 1 aliphatic heterocycles. The van der Waals surface area contributed by atoms with Crippen LogP contribution >= 0.6 is 0 Å². The van der Waals surface area contributed by atoms with E-state index in [0.29, 0.717) is 23.3 Å². The van der Waals surface area contributed by atoms with E-state index in [1.807, 2.05) is 25.2 Å². The van der Waals surface area contributed by atoms with Crippen molar-refractivity contribution in [2.75, 3.05) is 17.7 Å². The molecule has 0 aromatic heterocycles. The molecule has 2 amide bonds. The van der Waals surface area contributed by atoms with Crippen molar-refractivity contribution in [1.82, 2.24) is 5.32 Å². The van der Waals surface area contributed by atoms with E-state index in [1.165, 1.54) is 6.42 Å². The van der Waals surface area contributed by atoms with Crippen molar-refractivity contribution in [2.45, 2.75) is 25.8 Å². The molecule has 3 unspecified atom stereocenters. The number of rotatable bonds is 3. The normalized spacial score (nSPS) is 26.1. The fraction of sp³-hybridized carbons (Fsp3) is 0.467. The number of carbonyl (C=O) groups is 2. The number of benzene rings is 1. The van der Waals surface area contributed by atoms with Gasteiger partial charge in [0.15, 0.2) is 0 Å². The minimum absolute atomic E-state index is 0.126. The van der Waals surface area contributed by atoms with Gasteiger partial charge in [-0.05, 0) is 43.0 Å². The Labute approximate surface area is 118 Å². The van der Waals surface area contributed by atoms with Crippen molar-refractivity contribution in [1.29, 1.82) is 0 Å². The van der Waals surface area contributed by atoms with E-state index in [0.717, 1.165) is 11.5 Å². The summed E-state index contributed by atoms with van der Waals surface area (Å²) in [5, 5.41) is 8.89. The zero-order valence-electron chi connectivity index (χ0n) is 11.7. The van der Waals surface area contributed by atoms with Crippen molar-refractivity contribution in [2.24, 2.45) is 11.8 Å². The first-order valence-electron chi connectivity index (χ1n) is 6.99. The van der Waals surface area contributed by atoms with Crippen molar-refractivity contribution >= 4 is 23.2 Å². The molecule has 3 atom stereocenters. The van der Waals surface area contributed by atoms with Crippen LogP contribution < -0.4 is 16.0 Å². The summed E-state index contributed by atoms with van der Waals surface area (Å²) in [6, 6.07) is 6.14. The molecule has 2 aliphatic rings. The molecule has 3 rings (SSSR count). The van der Waals surface area contributed by atoms with E-state index in [1.54, 1.807) is 0 Å². The van der Waals surface area contributed by atoms with Crippen LogP contribution in [0.25, 0.3) is 0 Å². The third-order valence-electron chi connectivity index (χ3n) is 4.18. The standard InChI is InChI=1S/C15H19N3O2/c1-8-5-10(8)15(16-2)9-3-4-11-12(6-9)18-14(20)7-13(19)17-11/h3-4,6,8,10,15-16H,5,7H2,1-2H3,(H,17,19)(H,18,20). The van der Waals surface area contributed by atoms with Gasteiger partial charge in [0.1, 0.15) is 6.42 Å². The average molecular weight is 273 g/mol. The van der Waals surface area contributed by atoms with Gasteiger partial charge < -0.3 is 16.0 Å². The van der Waals surface area contributed by atoms with E-state index in [-0.39, 0.29) is 18.2 Å². The number of fused-ring (bicyclic) bond motifs is 1. The molecule has 1 aromatic rings. The predicted octanol–water partition coefficient (Wildman–Crippen LogP) is 1.88. The van der Waals surface area contributed by atoms with E-state index >= 15 is 0 Å². The van der Waals surface area contributed by atoms with Gasteiger partial charge in [0.05, 0.1) is 11.4 Å². The SMILES string of the molecule is CNC(c1ccc2c(c1)NC(=O)CC(=O)N2)C1CC1C. The number of anilines is 2. The van der Waals surface area contributed by atoms with Crippen LogP contribution in [-0.2, 0) is 9.59 Å². The molecule has 0 radical (unpaired) electrons. The van der Waals surface area contributed by atoms with Crippen molar-refractivity contribution in [3.8, 4) is 0 Å². The van der Waals surface area contributed by atoms with Crippen LogP contribution in [0.2, 0.25) is 0 Å². The summed E-state index contributed by atoms with van der Waals surface area (Å²) in [5.74, 6) is 0.851. The monoisotopic (exact) mass is 273 g/mol. The number of hydrogen-bond acceptors (Lipinski definition) is 3. The Balaban J connectivity index is 1.92. The number of amides is 2. The Morgan fingerprint density at radius 3 is 2.45 bits per heavy atom. The molecular formula is C15H19N3O2. The molecule has 1 fully saturated rings. The summed E-state index contributed by atoms with van der Waals surface area (Å²) in [4.78, 5) is 23.1. The first kappa shape index (κ1) is 13.1. The second-order valence-electron chi connectivity index (χ2n) is 5.72. The molecule has 5 heteroatoms. The van der Waals surface area contributed by atoms with Crippen LogP contribution in [0, 0.1) is 11.8 Å². The lowest BCUT2D eigenvalue weighted by Crippen LogP contribution is -2.19. The molecule has 0 spiro atoms. The summed E-state index contributed by atoms with van der Waals surface area (Å²) in [7, 11) is 1.96. The summed E-state index contributed by atoms with van der Waals surface area (Å²) in [6.07, 6.45) is 1.10. The molecule has 1 aromatic carbocycles. The lowest BCUT2D eigenvalue weighted by Gasteiger charge is -2.18. The van der Waals surface area contributed by atoms with Gasteiger partial charge in [-0.3, -0.25) is 9.59 Å². The molecule has 1 aliphatic carbocycles. The molecule has 1 heterocycles. The van der Waals surface area contributed by atoms with Crippen molar-refractivity contribution < 1.29 is 9.59 Å². The molecule has 3 N–H and O–H groups in total. The Kier molecular flexibility index (Phi) is 3.22. The minimum Gasteiger partial charge on any atom is -0.324 e. The minimum atomic E-state index is -0.269. The third kappa shape index (κ3) is 2.41. The molecular weight excluding hydrogens is 254 g/mol. The highest BCUT2D eigenvalue weighted by Crippen LogP contribution is 2.47. The zero-order valence-corrected chi connectivity index (χ0v) is 11.7. The van der Waals surface area contributed by atoms with Crippen LogP contribution in [0.1, 0.15) is 31.4 Å². The molecule has 20 heavy (non-hydrogen) atoms. The Hall–Kier alpha value is -1.88. The van der Waals surface area contributed by atoms with Gasteiger partial charge in [0.25, 0.3) is 0 Å². The van der Waals surface area contributed by atoms with E-state index < -0.39 is 0 Å². The Morgan fingerprint density at radius 2 is 1.85 bits per heavy atom. The highest BCUT2D eigenvalue weighted by Gasteiger charge is 2.39. The quantitative estimate of drug-likeness (QED) is 0.736. The van der Waals surface area contributed by atoms with Crippen LogP contribution in [0.4, 0.5) is 11.4 Å². The number of hydrogen-bond donors (Lipinski definition) is 3. The van der Waals surface area contributed by atoms with Crippen molar-refractivity contribution in [3.63, 3.8) is 0 Å². The molecule has 0 bridgehead atoms. The van der Waals surface area contributed by atoms with E-state index in [9.17, 15) is 9.59 Å². The summed E-state index contributed by atoms with van der Waals surface area (Å²) >= 11 is 0. The number of nitrogens with one attached hydrogen (secondary N) is 3. The topological polar surface area (TPSA) is 70.2 Å². The van der Waals surface area contributed by atoms with Crippen LogP contribution in [0.15, 0.2) is 18.2 Å². The fourth-order valence-electron chi connectivity index (χ4n) is 2.95. The zero-order chi connectivity index (χ0) is 14.3. The van der Waals surface area contributed by atoms with Crippen molar-refractivity contribution in [3.05, 3.63) is 23.8 Å². The molecule has 1 saturated carbocycles. The van der Waals surface area contributed by atoms with Gasteiger partial charge in [-0.15, -0.1) is 0 Å². The van der Waals surface area contributed by atoms with Crippen LogP contribution in [0.3, 0.4) is 0 Å². The van der Waals surface area contributed by atoms with Gasteiger partial charge in [-0.1, -0.05) is 13.0 Å². The maximum atomic E-state index is 11.6. The van der Waals surface area contributed by atoms with Gasteiger partial charge >= 0.3 is 0 Å². The van der Waals surface area contributed by atoms with Gasteiger partial charge in [-0.25, -0.2) is 0 Å². The fourth-order valence-corrected chi connectivity index (χ4v) is 2.95. The Bertz CT molecular complexity index is 570.